The molecule has 0 amide bonds. The van der Waals surface area contributed by atoms with Crippen molar-refractivity contribution in [1.82, 2.24) is 9.88 Å². The minimum atomic E-state index is 0.750. The smallest absolute Gasteiger partial charge is 0.151 e. The maximum atomic E-state index is 5.97. The number of thiazole rings is 1. The van der Waals surface area contributed by atoms with Gasteiger partial charge in [-0.1, -0.05) is 35.5 Å². The van der Waals surface area contributed by atoms with E-state index in [4.69, 9.17) is 11.6 Å². The first-order valence-corrected chi connectivity index (χ1v) is 8.25. The number of hydrogen-bond donors (Lipinski definition) is 0. The van der Waals surface area contributed by atoms with Gasteiger partial charge in [-0.15, -0.1) is 11.3 Å². The molecule has 1 aromatic heterocycles. The van der Waals surface area contributed by atoms with Crippen molar-refractivity contribution in [3.63, 3.8) is 0 Å². The predicted octanol–water partition coefficient (Wildman–Crippen LogP) is 4.43. The minimum absolute atomic E-state index is 0.750. The normalized spacial score (nSPS) is 14.5. The van der Waals surface area contributed by atoms with Gasteiger partial charge in [0.2, 0.25) is 0 Å². The molecule has 1 aromatic carbocycles. The zero-order valence-electron chi connectivity index (χ0n) is 10.3. The van der Waals surface area contributed by atoms with Gasteiger partial charge in [-0.05, 0) is 30.5 Å². The first-order chi connectivity index (χ1) is 9.31. The summed E-state index contributed by atoms with van der Waals surface area (Å²) in [5.41, 5.74) is 1.00. The van der Waals surface area contributed by atoms with Gasteiger partial charge in [0.1, 0.15) is 0 Å². The number of rotatable bonds is 4. The van der Waals surface area contributed by atoms with Gasteiger partial charge >= 0.3 is 0 Å². The quantitative estimate of drug-likeness (QED) is 0.777. The van der Waals surface area contributed by atoms with Crippen LogP contribution in [0.5, 0.6) is 0 Å². The van der Waals surface area contributed by atoms with Crippen LogP contribution in [0.1, 0.15) is 0 Å². The van der Waals surface area contributed by atoms with Gasteiger partial charge in [0.05, 0.1) is 10.2 Å². The van der Waals surface area contributed by atoms with E-state index in [-0.39, 0.29) is 0 Å². The molecule has 2 nitrogen and oxygen atoms in total. The van der Waals surface area contributed by atoms with Crippen LogP contribution >= 0.6 is 34.7 Å². The van der Waals surface area contributed by atoms with Gasteiger partial charge in [-0.3, -0.25) is 0 Å². The van der Waals surface area contributed by atoms with Gasteiger partial charge in [0.25, 0.3) is 0 Å². The molecule has 0 saturated carbocycles. The Morgan fingerprint density at radius 2 is 2.32 bits per heavy atom. The minimum Gasteiger partial charge on any atom is -0.373 e. The molecule has 3 rings (SSSR count). The number of benzene rings is 1. The Hall–Kier alpha value is -0.970. The molecule has 1 aliphatic heterocycles. The van der Waals surface area contributed by atoms with E-state index < -0.39 is 0 Å². The number of hydrogen-bond acceptors (Lipinski definition) is 4. The lowest BCUT2D eigenvalue weighted by molar-refractivity contribution is 0.439. The molecule has 1 aliphatic rings. The van der Waals surface area contributed by atoms with Crippen LogP contribution in [-0.2, 0) is 0 Å². The average Bonchev–Trinajstić information content (AvgIpc) is 2.82. The van der Waals surface area contributed by atoms with Crippen LogP contribution in [-0.4, -0.2) is 28.7 Å². The van der Waals surface area contributed by atoms with E-state index in [1.807, 2.05) is 30.0 Å². The summed E-state index contributed by atoms with van der Waals surface area (Å²) in [6.45, 7) is 2.05. The molecule has 0 saturated heterocycles. The lowest BCUT2D eigenvalue weighted by Gasteiger charge is -2.19. The van der Waals surface area contributed by atoms with Crippen molar-refractivity contribution in [2.75, 3.05) is 18.8 Å². The monoisotopic (exact) mass is 308 g/mol. The molecule has 0 bridgehead atoms. The van der Waals surface area contributed by atoms with Crippen LogP contribution in [0, 0.1) is 0 Å². The second kappa shape index (κ2) is 5.99. The van der Waals surface area contributed by atoms with Crippen molar-refractivity contribution >= 4 is 44.9 Å². The highest BCUT2D eigenvalue weighted by Gasteiger charge is 2.06. The van der Waals surface area contributed by atoms with E-state index in [1.165, 1.54) is 4.70 Å². The van der Waals surface area contributed by atoms with Gasteiger partial charge in [-0.25, -0.2) is 4.98 Å². The van der Waals surface area contributed by atoms with Crippen LogP contribution in [0.2, 0.25) is 5.02 Å². The fraction of sp³-hybridized carbons (Fsp3) is 0.214. The number of allylic oxidation sites excluding steroid dienone is 2. The predicted molar refractivity (Wildman–Crippen MR) is 85.2 cm³/mol. The highest BCUT2D eigenvalue weighted by atomic mass is 35.5. The number of aromatic nitrogens is 1. The molecule has 0 N–H and O–H groups in total. The number of nitrogens with zero attached hydrogens (tertiary/aromatic N) is 2. The van der Waals surface area contributed by atoms with Gasteiger partial charge in [0, 0.05) is 23.9 Å². The molecule has 19 heavy (non-hydrogen) atoms. The Bertz CT molecular complexity index is 633. The summed E-state index contributed by atoms with van der Waals surface area (Å²) >= 11 is 9.52. The third-order valence-corrected chi connectivity index (χ3v) is 5.21. The average molecular weight is 309 g/mol. The number of fused-ring (bicyclic) bond motifs is 1. The van der Waals surface area contributed by atoms with Crippen LogP contribution in [0.25, 0.3) is 10.2 Å². The van der Waals surface area contributed by atoms with Gasteiger partial charge < -0.3 is 4.90 Å². The molecule has 2 heterocycles. The standard InChI is InChI=1S/C14H13ClN2S2/c15-11-4-5-13-12(10-11)16-14(19-13)18-9-8-17-6-2-1-3-7-17/h1-6,10H,7-9H2. The lowest BCUT2D eigenvalue weighted by atomic mass is 10.3. The Labute approximate surface area is 125 Å². The van der Waals surface area contributed by atoms with E-state index in [9.17, 15) is 0 Å². The molecular weight excluding hydrogens is 296 g/mol. The lowest BCUT2D eigenvalue weighted by Crippen LogP contribution is -2.21. The summed E-state index contributed by atoms with van der Waals surface area (Å²) in [5, 5.41) is 0.750. The fourth-order valence-corrected chi connectivity index (χ4v) is 4.13. The first-order valence-electron chi connectivity index (χ1n) is 6.07. The summed E-state index contributed by atoms with van der Waals surface area (Å²) in [6.07, 6.45) is 8.47. The maximum Gasteiger partial charge on any atom is 0.151 e. The Balaban J connectivity index is 1.59. The third kappa shape index (κ3) is 3.32. The highest BCUT2D eigenvalue weighted by Crippen LogP contribution is 2.30. The molecule has 0 spiro atoms. The molecule has 0 fully saturated rings. The van der Waals surface area contributed by atoms with Crippen molar-refractivity contribution in [1.29, 1.82) is 0 Å². The van der Waals surface area contributed by atoms with E-state index in [2.05, 4.69) is 34.3 Å². The summed E-state index contributed by atoms with van der Waals surface area (Å²) in [6, 6.07) is 5.88. The van der Waals surface area contributed by atoms with Crippen LogP contribution < -0.4 is 0 Å². The van der Waals surface area contributed by atoms with Crippen molar-refractivity contribution in [3.8, 4) is 0 Å². The molecule has 2 aromatic rings. The molecule has 5 heteroatoms. The van der Waals surface area contributed by atoms with Crippen LogP contribution in [0.15, 0.2) is 47.0 Å². The molecule has 0 radical (unpaired) electrons. The summed E-state index contributed by atoms with van der Waals surface area (Å²) in [4.78, 5) is 6.91. The molecule has 0 atom stereocenters. The van der Waals surface area contributed by atoms with Crippen molar-refractivity contribution in [2.24, 2.45) is 0 Å². The number of thioether (sulfide) groups is 1. The first kappa shape index (κ1) is 13.0. The molecular formula is C14H13ClN2S2. The van der Waals surface area contributed by atoms with E-state index in [0.717, 1.165) is 33.7 Å². The summed E-state index contributed by atoms with van der Waals surface area (Å²) in [5.74, 6) is 1.05. The van der Waals surface area contributed by atoms with Crippen LogP contribution in [0.3, 0.4) is 0 Å². The van der Waals surface area contributed by atoms with Gasteiger partial charge in [-0.2, -0.15) is 0 Å². The topological polar surface area (TPSA) is 16.1 Å². The molecule has 0 unspecified atom stereocenters. The summed E-state index contributed by atoms with van der Waals surface area (Å²) < 4.78 is 2.32. The van der Waals surface area contributed by atoms with E-state index in [0.29, 0.717) is 0 Å². The van der Waals surface area contributed by atoms with Crippen molar-refractivity contribution in [2.45, 2.75) is 4.34 Å². The Kier molecular flexibility index (Phi) is 4.11. The van der Waals surface area contributed by atoms with Crippen molar-refractivity contribution in [3.05, 3.63) is 47.6 Å². The second-order valence-electron chi connectivity index (χ2n) is 4.20. The van der Waals surface area contributed by atoms with E-state index in [1.54, 1.807) is 11.3 Å². The largest absolute Gasteiger partial charge is 0.373 e. The van der Waals surface area contributed by atoms with Gasteiger partial charge in [0.15, 0.2) is 4.34 Å². The fourth-order valence-electron chi connectivity index (χ4n) is 1.86. The highest BCUT2D eigenvalue weighted by molar-refractivity contribution is 8.01. The zero-order valence-corrected chi connectivity index (χ0v) is 12.6. The Morgan fingerprint density at radius 3 is 3.16 bits per heavy atom. The van der Waals surface area contributed by atoms with Crippen molar-refractivity contribution < 1.29 is 0 Å². The van der Waals surface area contributed by atoms with E-state index >= 15 is 0 Å². The molecule has 0 aliphatic carbocycles. The number of halogens is 1. The van der Waals surface area contributed by atoms with Crippen LogP contribution in [0.4, 0.5) is 0 Å². The maximum absolute atomic E-state index is 5.97. The molecule has 98 valence electrons. The SMILES string of the molecule is Clc1ccc2sc(SCCN3C=CC=CC3)nc2c1. The zero-order chi connectivity index (χ0) is 13.1. The Morgan fingerprint density at radius 1 is 1.37 bits per heavy atom. The summed E-state index contributed by atoms with van der Waals surface area (Å²) in [7, 11) is 0. The third-order valence-electron chi connectivity index (χ3n) is 2.82. The second-order valence-corrected chi connectivity index (χ2v) is 7.01.